The maximum absolute atomic E-state index is 10.8. The van der Waals surface area contributed by atoms with E-state index in [1.165, 1.54) is 11.3 Å². The van der Waals surface area contributed by atoms with Gasteiger partial charge in [-0.25, -0.2) is 9.78 Å². The normalized spacial score (nSPS) is 11.7. The zero-order valence-corrected chi connectivity index (χ0v) is 13.4. The van der Waals surface area contributed by atoms with Crippen molar-refractivity contribution >= 4 is 40.4 Å². The van der Waals surface area contributed by atoms with Crippen LogP contribution in [-0.4, -0.2) is 20.8 Å². The van der Waals surface area contributed by atoms with Crippen LogP contribution in [0.3, 0.4) is 0 Å². The Labute approximate surface area is 124 Å². The number of hydrogen-bond acceptors (Lipinski definition) is 5. The second-order valence-electron chi connectivity index (χ2n) is 5.03. The van der Waals surface area contributed by atoms with Crippen LogP contribution in [0, 0.1) is 0 Å². The third-order valence-electron chi connectivity index (χ3n) is 2.28. The number of thiophene rings is 1. The molecule has 0 radical (unpaired) electrons. The van der Waals surface area contributed by atoms with E-state index < -0.39 is 5.97 Å². The van der Waals surface area contributed by atoms with Gasteiger partial charge in [0.05, 0.1) is 16.1 Å². The Morgan fingerprint density at radius 3 is 2.68 bits per heavy atom. The Balaban J connectivity index is 2.09. The summed E-state index contributed by atoms with van der Waals surface area (Å²) in [4.78, 5) is 16.3. The first-order chi connectivity index (χ1) is 8.85. The van der Waals surface area contributed by atoms with Crippen LogP contribution in [-0.2, 0) is 5.75 Å². The first kappa shape index (κ1) is 14.6. The molecule has 0 fully saturated rings. The second kappa shape index (κ2) is 5.64. The molecule has 0 aliphatic rings. The van der Waals surface area contributed by atoms with E-state index in [2.05, 4.69) is 25.8 Å². The van der Waals surface area contributed by atoms with Gasteiger partial charge in [-0.05, 0) is 6.07 Å². The van der Waals surface area contributed by atoms with E-state index in [1.54, 1.807) is 22.8 Å². The molecular formula is C13H15NO2S3. The van der Waals surface area contributed by atoms with E-state index in [1.807, 2.05) is 17.1 Å². The van der Waals surface area contributed by atoms with Gasteiger partial charge in [0.25, 0.3) is 0 Å². The highest BCUT2D eigenvalue weighted by Gasteiger charge is 2.14. The average molecular weight is 313 g/mol. The molecule has 2 rings (SSSR count). The summed E-state index contributed by atoms with van der Waals surface area (Å²) in [6, 6.07) is 1.68. The number of aromatic carboxylic acids is 1. The average Bonchev–Trinajstić information content (AvgIpc) is 2.94. The van der Waals surface area contributed by atoms with Crippen molar-refractivity contribution in [3.63, 3.8) is 0 Å². The number of thioether (sulfide) groups is 1. The van der Waals surface area contributed by atoms with Crippen LogP contribution in [0.25, 0.3) is 10.6 Å². The Morgan fingerprint density at radius 2 is 2.11 bits per heavy atom. The predicted octanol–water partition coefficient (Wildman–Crippen LogP) is 4.60. The third-order valence-corrected chi connectivity index (χ3v) is 5.55. The predicted molar refractivity (Wildman–Crippen MR) is 83.4 cm³/mol. The maximum atomic E-state index is 10.8. The monoisotopic (exact) mass is 313 g/mol. The Bertz CT molecular complexity index is 581. The molecule has 0 spiro atoms. The van der Waals surface area contributed by atoms with Crippen LogP contribution in [0.15, 0.2) is 16.8 Å². The molecule has 0 atom stereocenters. The molecule has 6 heteroatoms. The van der Waals surface area contributed by atoms with Gasteiger partial charge in [0.15, 0.2) is 0 Å². The zero-order valence-electron chi connectivity index (χ0n) is 11.0. The minimum absolute atomic E-state index is 0.227. The SMILES string of the molecule is CC(C)(C)SCc1nc(-c2cc(C(=O)O)cs2)cs1. The van der Waals surface area contributed by atoms with E-state index in [0.717, 1.165) is 21.3 Å². The van der Waals surface area contributed by atoms with Crippen LogP contribution in [0.4, 0.5) is 0 Å². The molecule has 2 heterocycles. The molecule has 2 aromatic heterocycles. The molecule has 3 nitrogen and oxygen atoms in total. The lowest BCUT2D eigenvalue weighted by Gasteiger charge is -2.16. The maximum Gasteiger partial charge on any atom is 0.336 e. The summed E-state index contributed by atoms with van der Waals surface area (Å²) in [5.41, 5.74) is 1.21. The summed E-state index contributed by atoms with van der Waals surface area (Å²) in [6.07, 6.45) is 0. The van der Waals surface area contributed by atoms with Crippen LogP contribution in [0.1, 0.15) is 36.1 Å². The van der Waals surface area contributed by atoms with Crippen molar-refractivity contribution in [3.05, 3.63) is 27.4 Å². The molecule has 0 aromatic carbocycles. The topological polar surface area (TPSA) is 50.2 Å². The van der Waals surface area contributed by atoms with Gasteiger partial charge >= 0.3 is 5.97 Å². The molecule has 19 heavy (non-hydrogen) atoms. The minimum Gasteiger partial charge on any atom is -0.478 e. The highest BCUT2D eigenvalue weighted by Crippen LogP contribution is 2.32. The molecule has 102 valence electrons. The Kier molecular flexibility index (Phi) is 4.32. The smallest absolute Gasteiger partial charge is 0.336 e. The largest absolute Gasteiger partial charge is 0.478 e. The fourth-order valence-corrected chi connectivity index (χ4v) is 3.92. The van der Waals surface area contributed by atoms with Gasteiger partial charge in [0, 0.05) is 21.3 Å². The molecule has 0 aliphatic carbocycles. The van der Waals surface area contributed by atoms with Gasteiger partial charge in [-0.1, -0.05) is 20.8 Å². The number of carboxylic acid groups (broad SMARTS) is 1. The molecule has 0 saturated carbocycles. The number of rotatable bonds is 4. The molecule has 0 amide bonds. The fourth-order valence-electron chi connectivity index (χ4n) is 1.35. The Hall–Kier alpha value is -0.850. The lowest BCUT2D eigenvalue weighted by atomic mass is 10.3. The molecule has 0 unspecified atom stereocenters. The van der Waals surface area contributed by atoms with Crippen molar-refractivity contribution in [1.82, 2.24) is 4.98 Å². The van der Waals surface area contributed by atoms with Crippen molar-refractivity contribution < 1.29 is 9.90 Å². The third kappa shape index (κ3) is 4.06. The summed E-state index contributed by atoms with van der Waals surface area (Å²) in [5.74, 6) is 0.00644. The number of nitrogens with zero attached hydrogens (tertiary/aromatic N) is 1. The second-order valence-corrected chi connectivity index (χ2v) is 8.69. The van der Waals surface area contributed by atoms with Crippen molar-refractivity contribution in [2.75, 3.05) is 0 Å². The molecule has 2 aromatic rings. The summed E-state index contributed by atoms with van der Waals surface area (Å²) < 4.78 is 0.227. The zero-order chi connectivity index (χ0) is 14.0. The van der Waals surface area contributed by atoms with Gasteiger partial charge in [-0.3, -0.25) is 0 Å². The van der Waals surface area contributed by atoms with E-state index in [4.69, 9.17) is 5.11 Å². The summed E-state index contributed by atoms with van der Waals surface area (Å²) >= 11 is 4.92. The number of thiazole rings is 1. The number of carbonyl (C=O) groups is 1. The van der Waals surface area contributed by atoms with Crippen molar-refractivity contribution in [2.24, 2.45) is 0 Å². The van der Waals surface area contributed by atoms with Gasteiger partial charge in [-0.2, -0.15) is 0 Å². The van der Waals surface area contributed by atoms with Crippen molar-refractivity contribution in [3.8, 4) is 10.6 Å². The highest BCUT2D eigenvalue weighted by atomic mass is 32.2. The minimum atomic E-state index is -0.888. The van der Waals surface area contributed by atoms with Gasteiger partial charge < -0.3 is 5.11 Å². The summed E-state index contributed by atoms with van der Waals surface area (Å²) in [5, 5.41) is 13.6. The molecule has 0 saturated heterocycles. The van der Waals surface area contributed by atoms with Crippen LogP contribution < -0.4 is 0 Å². The Morgan fingerprint density at radius 1 is 1.37 bits per heavy atom. The van der Waals surface area contributed by atoms with Crippen molar-refractivity contribution in [1.29, 1.82) is 0 Å². The van der Waals surface area contributed by atoms with E-state index in [0.29, 0.717) is 5.56 Å². The summed E-state index contributed by atoms with van der Waals surface area (Å²) in [6.45, 7) is 6.56. The van der Waals surface area contributed by atoms with E-state index in [-0.39, 0.29) is 4.75 Å². The van der Waals surface area contributed by atoms with Crippen LogP contribution >= 0.6 is 34.4 Å². The molecule has 1 N–H and O–H groups in total. The van der Waals surface area contributed by atoms with Crippen LogP contribution in [0.2, 0.25) is 0 Å². The molecule has 0 aliphatic heterocycles. The lowest BCUT2D eigenvalue weighted by molar-refractivity contribution is 0.0697. The first-order valence-corrected chi connectivity index (χ1v) is 8.50. The number of carboxylic acids is 1. The number of hydrogen-bond donors (Lipinski definition) is 1. The lowest BCUT2D eigenvalue weighted by Crippen LogP contribution is -2.07. The van der Waals surface area contributed by atoms with Crippen molar-refractivity contribution in [2.45, 2.75) is 31.3 Å². The molecular weight excluding hydrogens is 298 g/mol. The van der Waals surface area contributed by atoms with Gasteiger partial charge in [0.2, 0.25) is 0 Å². The van der Waals surface area contributed by atoms with Crippen LogP contribution in [0.5, 0.6) is 0 Å². The fraction of sp³-hybridized carbons (Fsp3) is 0.385. The standard InChI is InChI=1S/C13H15NO2S3/c1-13(2,3)19-7-11-14-9(6-18-11)10-4-8(5-17-10)12(15)16/h4-6H,7H2,1-3H3,(H,15,16). The van der Waals surface area contributed by atoms with Gasteiger partial charge in [0.1, 0.15) is 5.01 Å². The molecule has 0 bridgehead atoms. The van der Waals surface area contributed by atoms with E-state index in [9.17, 15) is 4.79 Å². The summed E-state index contributed by atoms with van der Waals surface area (Å²) in [7, 11) is 0. The quantitative estimate of drug-likeness (QED) is 0.896. The number of aromatic nitrogens is 1. The highest BCUT2D eigenvalue weighted by molar-refractivity contribution is 7.99. The van der Waals surface area contributed by atoms with Gasteiger partial charge in [-0.15, -0.1) is 34.4 Å². The van der Waals surface area contributed by atoms with E-state index >= 15 is 0 Å². The first-order valence-electron chi connectivity index (χ1n) is 5.76.